The molecular weight excluding hydrogens is 238 g/mol. The van der Waals surface area contributed by atoms with Gasteiger partial charge in [0.15, 0.2) is 6.54 Å². The normalized spacial score (nSPS) is 20.8. The van der Waals surface area contributed by atoms with E-state index in [1.807, 2.05) is 24.4 Å². The van der Waals surface area contributed by atoms with E-state index < -0.39 is 0 Å². The molecule has 0 radical (unpaired) electrons. The Bertz CT molecular complexity index is 454. The summed E-state index contributed by atoms with van der Waals surface area (Å²) in [7, 11) is 0. The van der Waals surface area contributed by atoms with Crippen molar-refractivity contribution in [3.63, 3.8) is 0 Å². The zero-order valence-corrected chi connectivity index (χ0v) is 11.5. The van der Waals surface area contributed by atoms with Crippen LogP contribution in [0.1, 0.15) is 44.7 Å². The Hall–Kier alpha value is -1.71. The molecule has 0 amide bonds. The number of rotatable bonds is 6. The molecule has 0 fully saturated rings. The van der Waals surface area contributed by atoms with E-state index in [1.54, 1.807) is 10.9 Å². The first-order valence-corrected chi connectivity index (χ1v) is 7.07. The van der Waals surface area contributed by atoms with Crippen LogP contribution in [0.3, 0.4) is 0 Å². The molecule has 1 aromatic heterocycles. The molecule has 1 aromatic rings. The van der Waals surface area contributed by atoms with E-state index in [4.69, 9.17) is 0 Å². The first-order valence-electron chi connectivity index (χ1n) is 7.07. The van der Waals surface area contributed by atoms with E-state index >= 15 is 0 Å². The van der Waals surface area contributed by atoms with Crippen LogP contribution < -0.4 is 5.11 Å². The molecule has 4 heteroatoms. The van der Waals surface area contributed by atoms with Gasteiger partial charge in [0, 0.05) is 12.1 Å². The van der Waals surface area contributed by atoms with Gasteiger partial charge in [-0.3, -0.25) is 4.98 Å². The van der Waals surface area contributed by atoms with Crippen LogP contribution in [0.15, 0.2) is 29.5 Å². The van der Waals surface area contributed by atoms with E-state index in [2.05, 4.69) is 17.0 Å². The Labute approximate surface area is 114 Å². The minimum atomic E-state index is 0.0173. The third kappa shape index (κ3) is 4.16. The van der Waals surface area contributed by atoms with Crippen LogP contribution in [0.25, 0.3) is 0 Å². The molecular formula is C15H21N3O. The van der Waals surface area contributed by atoms with Crippen LogP contribution in [0.2, 0.25) is 0 Å². The second kappa shape index (κ2) is 7.02. The maximum atomic E-state index is 11.8. The van der Waals surface area contributed by atoms with Crippen molar-refractivity contribution in [2.45, 2.75) is 39.0 Å². The van der Waals surface area contributed by atoms with Gasteiger partial charge < -0.3 is 5.11 Å². The molecule has 4 nitrogen and oxygen atoms in total. The van der Waals surface area contributed by atoms with Crippen LogP contribution in [0, 0.1) is 5.92 Å². The molecule has 2 rings (SSSR count). The molecule has 102 valence electrons. The van der Waals surface area contributed by atoms with Crippen molar-refractivity contribution >= 4 is 12.1 Å². The van der Waals surface area contributed by atoms with Gasteiger partial charge in [0.2, 0.25) is 6.21 Å². The fraction of sp³-hybridized carbons (Fsp3) is 0.533. The predicted molar refractivity (Wildman–Crippen MR) is 74.2 cm³/mol. The largest absolute Gasteiger partial charge is 0.857 e. The third-order valence-electron chi connectivity index (χ3n) is 3.36. The lowest BCUT2D eigenvalue weighted by Crippen LogP contribution is -2.26. The summed E-state index contributed by atoms with van der Waals surface area (Å²) in [5, 5.41) is 15.9. The van der Waals surface area contributed by atoms with Crippen LogP contribution in [0.5, 0.6) is 0 Å². The van der Waals surface area contributed by atoms with Crippen molar-refractivity contribution < 1.29 is 9.79 Å². The first-order chi connectivity index (χ1) is 9.29. The molecule has 0 N–H and O–H groups in total. The molecule has 0 bridgehead atoms. The molecule has 2 heterocycles. The van der Waals surface area contributed by atoms with E-state index in [-0.39, 0.29) is 11.8 Å². The van der Waals surface area contributed by atoms with E-state index in [1.165, 1.54) is 19.3 Å². The average Bonchev–Trinajstić information content (AvgIpc) is 2.76. The Morgan fingerprint density at radius 2 is 2.26 bits per heavy atom. The number of hydrogen-bond acceptors (Lipinski definition) is 3. The second-order valence-corrected chi connectivity index (χ2v) is 4.99. The van der Waals surface area contributed by atoms with Crippen LogP contribution >= 0.6 is 0 Å². The zero-order chi connectivity index (χ0) is 13.5. The Kier molecular flexibility index (Phi) is 5.07. The van der Waals surface area contributed by atoms with E-state index in [0.717, 1.165) is 18.5 Å². The summed E-state index contributed by atoms with van der Waals surface area (Å²) < 4.78 is 1.73. The maximum absolute atomic E-state index is 11.8. The number of nitrogens with zero attached hydrogens (tertiary/aromatic N) is 3. The van der Waals surface area contributed by atoms with Crippen molar-refractivity contribution in [2.24, 2.45) is 11.0 Å². The Balaban J connectivity index is 1.89. The number of hydrogen-bond donors (Lipinski definition) is 0. The SMILES string of the molecule is CCCCCC[C@H]1C/[N+](=C/c2ccccn2)N=C1[O-]. The highest BCUT2D eigenvalue weighted by Gasteiger charge is 2.24. The number of hydrazone groups is 1. The molecule has 0 unspecified atom stereocenters. The molecule has 0 saturated heterocycles. The number of pyridine rings is 1. The molecule has 1 atom stereocenters. The fourth-order valence-corrected chi connectivity index (χ4v) is 2.27. The lowest BCUT2D eigenvalue weighted by molar-refractivity contribution is -0.523. The Morgan fingerprint density at radius 1 is 1.37 bits per heavy atom. The molecule has 1 aliphatic heterocycles. The van der Waals surface area contributed by atoms with Gasteiger partial charge in [-0.05, 0) is 23.7 Å². The minimum absolute atomic E-state index is 0.0173. The third-order valence-corrected chi connectivity index (χ3v) is 3.36. The first kappa shape index (κ1) is 13.7. The molecule has 0 aromatic carbocycles. The highest BCUT2D eigenvalue weighted by atomic mass is 16.3. The van der Waals surface area contributed by atoms with Gasteiger partial charge in [0.05, 0.1) is 5.92 Å². The number of aromatic nitrogens is 1. The minimum Gasteiger partial charge on any atom is -0.857 e. The number of unbranched alkanes of at least 4 members (excludes halogenated alkanes) is 3. The van der Waals surface area contributed by atoms with Crippen LogP contribution in [0.4, 0.5) is 0 Å². The average molecular weight is 259 g/mol. The van der Waals surface area contributed by atoms with Crippen molar-refractivity contribution in [2.75, 3.05) is 6.54 Å². The van der Waals surface area contributed by atoms with Crippen molar-refractivity contribution in [1.82, 2.24) is 4.98 Å². The van der Waals surface area contributed by atoms with E-state index in [9.17, 15) is 5.11 Å². The summed E-state index contributed by atoms with van der Waals surface area (Å²) in [5.74, 6) is 0.0838. The molecule has 0 saturated carbocycles. The van der Waals surface area contributed by atoms with Gasteiger partial charge in [-0.2, -0.15) is 0 Å². The summed E-state index contributed by atoms with van der Waals surface area (Å²) in [6.45, 7) is 2.89. The van der Waals surface area contributed by atoms with Gasteiger partial charge >= 0.3 is 0 Å². The van der Waals surface area contributed by atoms with Gasteiger partial charge in [-0.1, -0.05) is 43.4 Å². The smallest absolute Gasteiger partial charge is 0.221 e. The standard InChI is InChI=1S/C15H21N3O/c1-2-3-4-5-8-13-11-18(17-15(13)19)12-14-9-6-7-10-16-14/h6-7,9-10,12-13H,2-5,8,11H2,1H3/t13-/m0/s1. The summed E-state index contributed by atoms with van der Waals surface area (Å²) in [5.41, 5.74) is 0.839. The topological polar surface area (TPSA) is 51.3 Å². The van der Waals surface area contributed by atoms with Crippen molar-refractivity contribution in [3.05, 3.63) is 30.1 Å². The molecule has 0 aliphatic carbocycles. The lowest BCUT2D eigenvalue weighted by Gasteiger charge is -2.10. The quantitative estimate of drug-likeness (QED) is 0.577. The summed E-state index contributed by atoms with van der Waals surface area (Å²) in [6.07, 6.45) is 9.34. The second-order valence-electron chi connectivity index (χ2n) is 4.99. The lowest BCUT2D eigenvalue weighted by atomic mass is 10.0. The summed E-state index contributed by atoms with van der Waals surface area (Å²) in [4.78, 5) is 4.21. The highest BCUT2D eigenvalue weighted by molar-refractivity contribution is 5.77. The van der Waals surface area contributed by atoms with Crippen molar-refractivity contribution in [3.8, 4) is 0 Å². The van der Waals surface area contributed by atoms with Crippen LogP contribution in [-0.2, 0) is 0 Å². The molecule has 19 heavy (non-hydrogen) atoms. The molecule has 0 spiro atoms. The van der Waals surface area contributed by atoms with E-state index in [0.29, 0.717) is 6.54 Å². The Morgan fingerprint density at radius 3 is 3.00 bits per heavy atom. The van der Waals surface area contributed by atoms with Gasteiger partial charge in [-0.25, -0.2) is 0 Å². The maximum Gasteiger partial charge on any atom is 0.221 e. The van der Waals surface area contributed by atoms with Crippen molar-refractivity contribution in [1.29, 1.82) is 0 Å². The summed E-state index contributed by atoms with van der Waals surface area (Å²) in [6, 6.07) is 5.72. The highest BCUT2D eigenvalue weighted by Crippen LogP contribution is 2.15. The van der Waals surface area contributed by atoms with Crippen LogP contribution in [-0.4, -0.2) is 28.3 Å². The monoisotopic (exact) mass is 259 g/mol. The van der Waals surface area contributed by atoms with Gasteiger partial charge in [0.1, 0.15) is 5.69 Å². The fourth-order valence-electron chi connectivity index (χ4n) is 2.27. The predicted octanol–water partition coefficient (Wildman–Crippen LogP) is 1.79. The zero-order valence-electron chi connectivity index (χ0n) is 11.5. The van der Waals surface area contributed by atoms with Gasteiger partial charge in [0.25, 0.3) is 0 Å². The van der Waals surface area contributed by atoms with Gasteiger partial charge in [-0.15, -0.1) is 0 Å². The molecule has 1 aliphatic rings. The summed E-state index contributed by atoms with van der Waals surface area (Å²) >= 11 is 0.